The minimum Gasteiger partial charge on any atom is -0.331 e. The van der Waals surface area contributed by atoms with Crippen LogP contribution in [0.4, 0.5) is 5.69 Å². The van der Waals surface area contributed by atoms with Gasteiger partial charge in [0, 0.05) is 25.2 Å². The number of benzene rings is 1. The van der Waals surface area contributed by atoms with Gasteiger partial charge in [-0.15, -0.1) is 0 Å². The van der Waals surface area contributed by atoms with E-state index in [0.29, 0.717) is 13.0 Å². The van der Waals surface area contributed by atoms with Crippen LogP contribution in [0.1, 0.15) is 38.2 Å². The number of aryl methyl sites for hydroxylation is 1. The van der Waals surface area contributed by atoms with Crippen molar-refractivity contribution in [2.24, 2.45) is 0 Å². The molecule has 1 aromatic carbocycles. The molecule has 1 atom stereocenters. The number of anilines is 1. The highest BCUT2D eigenvalue weighted by molar-refractivity contribution is 6.01. The fourth-order valence-electron chi connectivity index (χ4n) is 3.44. The Morgan fingerprint density at radius 1 is 1.14 bits per heavy atom. The summed E-state index contributed by atoms with van der Waals surface area (Å²) in [5.74, 6) is 0.228. The molecule has 1 unspecified atom stereocenters. The van der Waals surface area contributed by atoms with Crippen molar-refractivity contribution in [2.45, 2.75) is 45.1 Å². The molecule has 0 aromatic heterocycles. The summed E-state index contributed by atoms with van der Waals surface area (Å²) in [7, 11) is 0. The molecule has 4 heteroatoms. The largest absolute Gasteiger partial charge is 0.331 e. The van der Waals surface area contributed by atoms with Crippen LogP contribution in [0.3, 0.4) is 0 Å². The van der Waals surface area contributed by atoms with E-state index in [1.807, 2.05) is 23.1 Å². The Labute approximate surface area is 125 Å². The number of hydrogen-bond donors (Lipinski definition) is 0. The molecular weight excluding hydrogens is 264 g/mol. The molecular formula is C17H22N2O2. The molecule has 1 aromatic rings. The Bertz CT molecular complexity index is 555. The second-order valence-corrected chi connectivity index (χ2v) is 5.82. The van der Waals surface area contributed by atoms with Gasteiger partial charge in [-0.2, -0.15) is 0 Å². The van der Waals surface area contributed by atoms with E-state index in [2.05, 4.69) is 13.0 Å². The smallest absolute Gasteiger partial charge is 0.249 e. The Kier molecular flexibility index (Phi) is 3.95. The van der Waals surface area contributed by atoms with Gasteiger partial charge in [0.25, 0.3) is 0 Å². The number of amides is 2. The van der Waals surface area contributed by atoms with Crippen LogP contribution in [0.5, 0.6) is 0 Å². The third-order valence-corrected chi connectivity index (χ3v) is 4.59. The van der Waals surface area contributed by atoms with Crippen LogP contribution in [-0.2, 0) is 16.0 Å². The SMILES string of the molecule is CCc1ccccc1N1CCC(=O)N2CCCCC2C1=O. The van der Waals surface area contributed by atoms with E-state index in [4.69, 9.17) is 0 Å². The van der Waals surface area contributed by atoms with Crippen LogP contribution in [0.2, 0.25) is 0 Å². The molecule has 2 fully saturated rings. The summed E-state index contributed by atoms with van der Waals surface area (Å²) >= 11 is 0. The van der Waals surface area contributed by atoms with E-state index in [1.54, 1.807) is 4.90 Å². The quantitative estimate of drug-likeness (QED) is 0.837. The molecule has 0 radical (unpaired) electrons. The van der Waals surface area contributed by atoms with Crippen molar-refractivity contribution >= 4 is 17.5 Å². The highest BCUT2D eigenvalue weighted by Crippen LogP contribution is 2.28. The van der Waals surface area contributed by atoms with Gasteiger partial charge < -0.3 is 9.80 Å². The predicted octanol–water partition coefficient (Wildman–Crippen LogP) is 2.37. The second kappa shape index (κ2) is 5.88. The van der Waals surface area contributed by atoms with Crippen molar-refractivity contribution in [3.8, 4) is 0 Å². The minimum absolute atomic E-state index is 0.0986. The van der Waals surface area contributed by atoms with Crippen molar-refractivity contribution in [1.82, 2.24) is 4.90 Å². The standard InChI is InChI=1S/C17H22N2O2/c1-2-13-7-3-4-8-14(13)19-12-10-16(20)18-11-6-5-9-15(18)17(19)21/h3-4,7-8,15H,2,5-6,9-12H2,1H3. The molecule has 0 spiro atoms. The molecule has 21 heavy (non-hydrogen) atoms. The lowest BCUT2D eigenvalue weighted by molar-refractivity contribution is -0.138. The Morgan fingerprint density at radius 2 is 1.95 bits per heavy atom. The predicted molar refractivity (Wildman–Crippen MR) is 82.1 cm³/mol. The summed E-state index contributed by atoms with van der Waals surface area (Å²) in [5.41, 5.74) is 2.15. The molecule has 0 bridgehead atoms. The highest BCUT2D eigenvalue weighted by Gasteiger charge is 2.38. The molecule has 0 saturated carbocycles. The molecule has 2 saturated heterocycles. The van der Waals surface area contributed by atoms with E-state index in [9.17, 15) is 9.59 Å². The molecule has 2 aliphatic rings. The average molecular weight is 286 g/mol. The van der Waals surface area contributed by atoms with E-state index in [-0.39, 0.29) is 17.9 Å². The van der Waals surface area contributed by atoms with Crippen LogP contribution < -0.4 is 4.90 Å². The first-order chi connectivity index (χ1) is 10.2. The lowest BCUT2D eigenvalue weighted by Crippen LogP contribution is -2.50. The molecule has 2 aliphatic heterocycles. The normalized spacial score (nSPS) is 23.0. The summed E-state index contributed by atoms with van der Waals surface area (Å²) in [5, 5.41) is 0. The van der Waals surface area contributed by atoms with Gasteiger partial charge in [-0.1, -0.05) is 25.1 Å². The summed E-state index contributed by atoms with van der Waals surface area (Å²) in [4.78, 5) is 28.8. The maximum atomic E-state index is 12.9. The molecule has 2 heterocycles. The van der Waals surface area contributed by atoms with Gasteiger partial charge >= 0.3 is 0 Å². The van der Waals surface area contributed by atoms with Crippen molar-refractivity contribution in [2.75, 3.05) is 18.0 Å². The molecule has 2 amide bonds. The maximum Gasteiger partial charge on any atom is 0.249 e. The average Bonchev–Trinajstić information content (AvgIpc) is 2.66. The van der Waals surface area contributed by atoms with E-state index in [0.717, 1.165) is 37.9 Å². The lowest BCUT2D eigenvalue weighted by atomic mass is 10.0. The first-order valence-electron chi connectivity index (χ1n) is 7.91. The summed E-state index contributed by atoms with van der Waals surface area (Å²) in [6.07, 6.45) is 4.17. The van der Waals surface area contributed by atoms with Gasteiger partial charge in [0.2, 0.25) is 11.8 Å². The third kappa shape index (κ3) is 2.55. The van der Waals surface area contributed by atoms with Crippen molar-refractivity contribution in [3.05, 3.63) is 29.8 Å². The Balaban J connectivity index is 1.95. The van der Waals surface area contributed by atoms with E-state index in [1.165, 1.54) is 5.56 Å². The van der Waals surface area contributed by atoms with Gasteiger partial charge in [0.1, 0.15) is 6.04 Å². The lowest BCUT2D eigenvalue weighted by Gasteiger charge is -2.34. The van der Waals surface area contributed by atoms with Crippen LogP contribution in [0.25, 0.3) is 0 Å². The van der Waals surface area contributed by atoms with Crippen molar-refractivity contribution in [3.63, 3.8) is 0 Å². The van der Waals surface area contributed by atoms with Crippen LogP contribution in [0.15, 0.2) is 24.3 Å². The van der Waals surface area contributed by atoms with Crippen molar-refractivity contribution in [1.29, 1.82) is 0 Å². The van der Waals surface area contributed by atoms with Gasteiger partial charge in [0.05, 0.1) is 0 Å². The van der Waals surface area contributed by atoms with Gasteiger partial charge in [-0.25, -0.2) is 0 Å². The zero-order valence-electron chi connectivity index (χ0n) is 12.5. The number of rotatable bonds is 2. The second-order valence-electron chi connectivity index (χ2n) is 5.82. The minimum atomic E-state index is -0.251. The fourth-order valence-corrected chi connectivity index (χ4v) is 3.44. The van der Waals surface area contributed by atoms with Gasteiger partial charge in [-0.05, 0) is 37.3 Å². The van der Waals surface area contributed by atoms with Crippen molar-refractivity contribution < 1.29 is 9.59 Å². The Morgan fingerprint density at radius 3 is 2.76 bits per heavy atom. The zero-order chi connectivity index (χ0) is 14.8. The number of piperidine rings is 1. The summed E-state index contributed by atoms with van der Waals surface area (Å²) in [6, 6.07) is 7.78. The summed E-state index contributed by atoms with van der Waals surface area (Å²) < 4.78 is 0. The number of para-hydroxylation sites is 1. The first-order valence-corrected chi connectivity index (χ1v) is 7.91. The topological polar surface area (TPSA) is 40.6 Å². The maximum absolute atomic E-state index is 12.9. The monoisotopic (exact) mass is 286 g/mol. The van der Waals surface area contributed by atoms with Crippen LogP contribution >= 0.6 is 0 Å². The molecule has 0 aliphatic carbocycles. The number of carbonyl (C=O) groups excluding carboxylic acids is 2. The molecule has 3 rings (SSSR count). The van der Waals surface area contributed by atoms with Crippen LogP contribution in [0, 0.1) is 0 Å². The van der Waals surface area contributed by atoms with Gasteiger partial charge in [0.15, 0.2) is 0 Å². The molecule has 112 valence electrons. The zero-order valence-corrected chi connectivity index (χ0v) is 12.5. The molecule has 0 N–H and O–H groups in total. The summed E-state index contributed by atoms with van der Waals surface area (Å²) in [6.45, 7) is 3.33. The van der Waals surface area contributed by atoms with E-state index < -0.39 is 0 Å². The highest BCUT2D eigenvalue weighted by atomic mass is 16.2. The number of fused-ring (bicyclic) bond motifs is 1. The number of hydrogen-bond acceptors (Lipinski definition) is 2. The number of carbonyl (C=O) groups is 2. The Hall–Kier alpha value is -1.84. The van der Waals surface area contributed by atoms with E-state index >= 15 is 0 Å². The first kappa shape index (κ1) is 14.1. The fraction of sp³-hybridized carbons (Fsp3) is 0.529. The third-order valence-electron chi connectivity index (χ3n) is 4.59. The van der Waals surface area contributed by atoms with Gasteiger partial charge in [-0.3, -0.25) is 9.59 Å². The molecule has 4 nitrogen and oxygen atoms in total. The number of nitrogens with zero attached hydrogens (tertiary/aromatic N) is 2. The van der Waals surface area contributed by atoms with Crippen LogP contribution in [-0.4, -0.2) is 35.8 Å².